The van der Waals surface area contributed by atoms with Gasteiger partial charge >= 0.3 is 0 Å². The zero-order valence-corrected chi connectivity index (χ0v) is 17.1. The summed E-state index contributed by atoms with van der Waals surface area (Å²) in [5.41, 5.74) is 6.77. The van der Waals surface area contributed by atoms with Crippen LogP contribution in [0.5, 0.6) is 0 Å². The quantitative estimate of drug-likeness (QED) is 0.597. The lowest BCUT2D eigenvalue weighted by Gasteiger charge is -2.30. The Balaban J connectivity index is 1.63. The molecule has 0 spiro atoms. The average molecular weight is 385 g/mol. The molecule has 1 amide bonds. The lowest BCUT2D eigenvalue weighted by atomic mass is 9.87. The topological polar surface area (TPSA) is 41.1 Å². The fourth-order valence-corrected chi connectivity index (χ4v) is 4.17. The van der Waals surface area contributed by atoms with Crippen molar-refractivity contribution in [2.45, 2.75) is 45.2 Å². The van der Waals surface area contributed by atoms with Crippen LogP contribution in [0.15, 0.2) is 72.8 Å². The molecule has 3 nitrogen and oxygen atoms in total. The number of aryl methyl sites for hydroxylation is 3. The van der Waals surface area contributed by atoms with Gasteiger partial charge in [0.2, 0.25) is 5.91 Å². The molecule has 3 aromatic carbocycles. The van der Waals surface area contributed by atoms with Crippen LogP contribution in [0.25, 0.3) is 0 Å². The molecule has 29 heavy (non-hydrogen) atoms. The van der Waals surface area contributed by atoms with E-state index >= 15 is 0 Å². The number of hydrogen-bond acceptors (Lipinski definition) is 2. The smallest absolute Gasteiger partial charge is 0.246 e. The molecule has 2 atom stereocenters. The molecule has 0 radical (unpaired) electrons. The molecule has 0 bridgehead atoms. The Labute approximate surface area is 173 Å². The van der Waals surface area contributed by atoms with Gasteiger partial charge in [-0.15, -0.1) is 0 Å². The van der Waals surface area contributed by atoms with Crippen LogP contribution in [-0.4, -0.2) is 5.91 Å². The highest BCUT2D eigenvalue weighted by Crippen LogP contribution is 2.32. The van der Waals surface area contributed by atoms with Gasteiger partial charge in [0.1, 0.15) is 6.04 Å². The highest BCUT2D eigenvalue weighted by atomic mass is 16.2. The predicted molar refractivity (Wildman–Crippen MR) is 119 cm³/mol. The van der Waals surface area contributed by atoms with Crippen molar-refractivity contribution in [1.29, 1.82) is 0 Å². The van der Waals surface area contributed by atoms with Crippen LogP contribution in [0.1, 0.15) is 52.7 Å². The number of amides is 1. The normalized spacial score (nSPS) is 16.7. The molecule has 0 fully saturated rings. The minimum absolute atomic E-state index is 0.0204. The summed E-state index contributed by atoms with van der Waals surface area (Å²) >= 11 is 0. The molecule has 1 aliphatic rings. The second kappa shape index (κ2) is 8.62. The molecule has 3 heteroatoms. The Morgan fingerprint density at radius 3 is 2.55 bits per heavy atom. The van der Waals surface area contributed by atoms with Crippen LogP contribution in [0, 0.1) is 13.8 Å². The van der Waals surface area contributed by atoms with Gasteiger partial charge in [-0.3, -0.25) is 10.1 Å². The van der Waals surface area contributed by atoms with Crippen molar-refractivity contribution in [2.24, 2.45) is 0 Å². The minimum atomic E-state index is -0.410. The van der Waals surface area contributed by atoms with E-state index in [0.717, 1.165) is 41.6 Å². The van der Waals surface area contributed by atoms with Crippen LogP contribution in [0.2, 0.25) is 0 Å². The number of benzene rings is 3. The summed E-state index contributed by atoms with van der Waals surface area (Å²) in [6, 6.07) is 24.5. The Morgan fingerprint density at radius 2 is 1.72 bits per heavy atom. The molecule has 148 valence electrons. The molecular formula is C26H28N2O. The van der Waals surface area contributed by atoms with Gasteiger partial charge in [-0.2, -0.15) is 0 Å². The second-order valence-electron chi connectivity index (χ2n) is 7.96. The Bertz CT molecular complexity index is 997. The van der Waals surface area contributed by atoms with E-state index in [1.807, 2.05) is 56.3 Å². The number of rotatable bonds is 5. The third kappa shape index (κ3) is 4.41. The fourth-order valence-electron chi connectivity index (χ4n) is 4.17. The SMILES string of the molecule is Cc1ccc(C)c(NC(=O)C(NC2CCCc3ccccc32)c2ccccc2)c1. The summed E-state index contributed by atoms with van der Waals surface area (Å²) in [7, 11) is 0. The van der Waals surface area contributed by atoms with Crippen molar-refractivity contribution in [1.82, 2.24) is 5.32 Å². The van der Waals surface area contributed by atoms with Crippen LogP contribution < -0.4 is 10.6 Å². The van der Waals surface area contributed by atoms with E-state index < -0.39 is 6.04 Å². The number of carbonyl (C=O) groups is 1. The minimum Gasteiger partial charge on any atom is -0.324 e. The number of anilines is 1. The summed E-state index contributed by atoms with van der Waals surface area (Å²) in [6.45, 7) is 4.07. The third-order valence-electron chi connectivity index (χ3n) is 5.78. The second-order valence-corrected chi connectivity index (χ2v) is 7.96. The van der Waals surface area contributed by atoms with E-state index in [1.165, 1.54) is 11.1 Å². The lowest BCUT2D eigenvalue weighted by Crippen LogP contribution is -2.37. The highest BCUT2D eigenvalue weighted by molar-refractivity contribution is 5.96. The van der Waals surface area contributed by atoms with Gasteiger partial charge < -0.3 is 5.32 Å². The molecule has 4 rings (SSSR count). The van der Waals surface area contributed by atoms with Crippen LogP contribution in [0.4, 0.5) is 5.69 Å². The van der Waals surface area contributed by atoms with Crippen molar-refractivity contribution in [3.8, 4) is 0 Å². The van der Waals surface area contributed by atoms with Gasteiger partial charge in [0.05, 0.1) is 0 Å². The Morgan fingerprint density at radius 1 is 0.966 bits per heavy atom. The lowest BCUT2D eigenvalue weighted by molar-refractivity contribution is -0.118. The molecule has 3 aromatic rings. The first-order chi connectivity index (χ1) is 14.1. The zero-order chi connectivity index (χ0) is 20.2. The average Bonchev–Trinajstić information content (AvgIpc) is 2.75. The molecule has 2 unspecified atom stereocenters. The summed E-state index contributed by atoms with van der Waals surface area (Å²) in [5, 5.41) is 6.83. The summed E-state index contributed by atoms with van der Waals surface area (Å²) in [6.07, 6.45) is 3.28. The van der Waals surface area contributed by atoms with Crippen molar-refractivity contribution >= 4 is 11.6 Å². The van der Waals surface area contributed by atoms with E-state index in [4.69, 9.17) is 0 Å². The maximum atomic E-state index is 13.4. The van der Waals surface area contributed by atoms with Gasteiger partial charge in [0, 0.05) is 11.7 Å². The molecular weight excluding hydrogens is 356 g/mol. The maximum Gasteiger partial charge on any atom is 0.246 e. The number of hydrogen-bond donors (Lipinski definition) is 2. The maximum absolute atomic E-state index is 13.4. The van der Waals surface area contributed by atoms with Crippen LogP contribution in [-0.2, 0) is 11.2 Å². The summed E-state index contributed by atoms with van der Waals surface area (Å²) < 4.78 is 0. The fraction of sp³-hybridized carbons (Fsp3) is 0.269. The highest BCUT2D eigenvalue weighted by Gasteiger charge is 2.27. The standard InChI is InChI=1S/C26H28N2O/c1-18-15-16-19(2)24(17-18)28-26(29)25(21-10-4-3-5-11-21)27-23-14-8-12-20-9-6-7-13-22(20)23/h3-7,9-11,13,15-17,23,25,27H,8,12,14H2,1-2H3,(H,28,29). The van der Waals surface area contributed by atoms with Crippen molar-refractivity contribution in [3.63, 3.8) is 0 Å². The van der Waals surface area contributed by atoms with Crippen molar-refractivity contribution < 1.29 is 4.79 Å². The summed E-state index contributed by atoms with van der Waals surface area (Å²) in [4.78, 5) is 13.4. The predicted octanol–water partition coefficient (Wildman–Crippen LogP) is 5.65. The van der Waals surface area contributed by atoms with Gasteiger partial charge in [-0.25, -0.2) is 0 Å². The van der Waals surface area contributed by atoms with E-state index in [2.05, 4.69) is 41.0 Å². The molecule has 0 saturated heterocycles. The van der Waals surface area contributed by atoms with Crippen molar-refractivity contribution in [3.05, 3.63) is 101 Å². The van der Waals surface area contributed by atoms with E-state index in [0.29, 0.717) is 0 Å². The molecule has 0 aromatic heterocycles. The molecule has 1 aliphatic carbocycles. The first kappa shape index (κ1) is 19.4. The van der Waals surface area contributed by atoms with E-state index in [1.54, 1.807) is 0 Å². The Kier molecular flexibility index (Phi) is 5.77. The van der Waals surface area contributed by atoms with Gasteiger partial charge in [-0.05, 0) is 67.0 Å². The number of nitrogens with one attached hydrogen (secondary N) is 2. The Hall–Kier alpha value is -2.91. The van der Waals surface area contributed by atoms with E-state index in [-0.39, 0.29) is 11.9 Å². The van der Waals surface area contributed by atoms with Gasteiger partial charge in [-0.1, -0.05) is 66.7 Å². The molecule has 0 aliphatic heterocycles. The molecule has 2 N–H and O–H groups in total. The molecule has 0 saturated carbocycles. The first-order valence-corrected chi connectivity index (χ1v) is 10.4. The van der Waals surface area contributed by atoms with Gasteiger partial charge in [0.15, 0.2) is 0 Å². The van der Waals surface area contributed by atoms with Crippen LogP contribution >= 0.6 is 0 Å². The number of fused-ring (bicyclic) bond motifs is 1. The first-order valence-electron chi connectivity index (χ1n) is 10.4. The third-order valence-corrected chi connectivity index (χ3v) is 5.78. The monoisotopic (exact) mass is 384 g/mol. The number of carbonyl (C=O) groups excluding carboxylic acids is 1. The van der Waals surface area contributed by atoms with Gasteiger partial charge in [0.25, 0.3) is 0 Å². The zero-order valence-electron chi connectivity index (χ0n) is 17.1. The van der Waals surface area contributed by atoms with Crippen molar-refractivity contribution in [2.75, 3.05) is 5.32 Å². The largest absolute Gasteiger partial charge is 0.324 e. The van der Waals surface area contributed by atoms with Crippen LogP contribution in [0.3, 0.4) is 0 Å². The van der Waals surface area contributed by atoms with E-state index in [9.17, 15) is 4.79 Å². The summed E-state index contributed by atoms with van der Waals surface area (Å²) in [5.74, 6) is -0.0204. The molecule has 0 heterocycles.